The molecule has 1 saturated heterocycles. The minimum absolute atomic E-state index is 0.00974. The molecule has 3 rings (SSSR count). The average molecular weight is 443 g/mol. The molecule has 2 aromatic rings. The van der Waals surface area contributed by atoms with Gasteiger partial charge < -0.3 is 5.32 Å². The predicted molar refractivity (Wildman–Crippen MR) is 119 cm³/mol. The number of amides is 4. The highest BCUT2D eigenvalue weighted by Crippen LogP contribution is 2.26. The summed E-state index contributed by atoms with van der Waals surface area (Å²) in [6.07, 6.45) is 1.06. The second kappa shape index (κ2) is 9.49. The molecule has 7 nitrogen and oxygen atoms in total. The van der Waals surface area contributed by atoms with Crippen LogP contribution in [0.4, 0.5) is 4.79 Å². The van der Waals surface area contributed by atoms with Gasteiger partial charge in [0, 0.05) is 11.1 Å². The molecule has 2 atom stereocenters. The molecular weight excluding hydrogens is 416 g/mol. The number of hydrogen-bond donors (Lipinski definition) is 2. The Balaban J connectivity index is 1.58. The zero-order chi connectivity index (χ0) is 22.6. The summed E-state index contributed by atoms with van der Waals surface area (Å²) in [5.74, 6) is -0.930. The van der Waals surface area contributed by atoms with Crippen LogP contribution in [0.5, 0.6) is 0 Å². The van der Waals surface area contributed by atoms with Gasteiger partial charge in [-0.25, -0.2) is 4.79 Å². The van der Waals surface area contributed by atoms with Crippen molar-refractivity contribution in [3.63, 3.8) is 0 Å². The van der Waals surface area contributed by atoms with Gasteiger partial charge in [-0.3, -0.25) is 19.9 Å². The first-order chi connectivity index (χ1) is 14.7. The summed E-state index contributed by atoms with van der Waals surface area (Å²) in [4.78, 5) is 39.6. The van der Waals surface area contributed by atoms with Crippen molar-refractivity contribution in [3.05, 3.63) is 70.7 Å². The molecule has 31 heavy (non-hydrogen) atoms. The van der Waals surface area contributed by atoms with Crippen LogP contribution in [-0.2, 0) is 16.0 Å². The molecule has 0 aliphatic carbocycles. The van der Waals surface area contributed by atoms with E-state index in [4.69, 9.17) is 11.6 Å². The van der Waals surface area contributed by atoms with Crippen molar-refractivity contribution in [1.29, 1.82) is 0 Å². The van der Waals surface area contributed by atoms with E-state index < -0.39 is 23.4 Å². The summed E-state index contributed by atoms with van der Waals surface area (Å²) in [7, 11) is 1.78. The second-order valence-electron chi connectivity index (χ2n) is 8.04. The van der Waals surface area contributed by atoms with Gasteiger partial charge in [-0.1, -0.05) is 60.1 Å². The smallest absolute Gasteiger partial charge is 0.322 e. The molecule has 0 radical (unpaired) electrons. The first-order valence-electron chi connectivity index (χ1n) is 10.2. The minimum atomic E-state index is -1.07. The molecule has 0 saturated carbocycles. The van der Waals surface area contributed by atoms with Gasteiger partial charge in [-0.15, -0.1) is 0 Å². The zero-order valence-electron chi connectivity index (χ0n) is 17.9. The number of hydrazine groups is 1. The lowest BCUT2D eigenvalue weighted by Crippen LogP contribution is -2.51. The number of nitrogens with one attached hydrogen (secondary N) is 2. The zero-order valence-corrected chi connectivity index (χ0v) is 18.6. The van der Waals surface area contributed by atoms with Crippen LogP contribution in [0.1, 0.15) is 37.4 Å². The molecule has 2 unspecified atom stereocenters. The molecule has 1 aliphatic rings. The Hall–Kier alpha value is -2.90. The molecule has 1 aliphatic heterocycles. The Kier molecular flexibility index (Phi) is 6.97. The molecule has 0 aromatic heterocycles. The molecule has 1 fully saturated rings. The molecule has 164 valence electrons. The summed E-state index contributed by atoms with van der Waals surface area (Å²) < 4.78 is 0. The maximum absolute atomic E-state index is 12.9. The molecule has 0 bridgehead atoms. The van der Waals surface area contributed by atoms with E-state index in [1.807, 2.05) is 55.5 Å². The van der Waals surface area contributed by atoms with Crippen molar-refractivity contribution in [2.75, 3.05) is 13.6 Å². The highest BCUT2D eigenvalue weighted by Gasteiger charge is 2.48. The normalized spacial score (nSPS) is 19.5. The number of carbonyl (C=O) groups excluding carboxylic acids is 3. The fraction of sp³-hybridized carbons (Fsp3) is 0.348. The van der Waals surface area contributed by atoms with Crippen molar-refractivity contribution in [2.45, 2.75) is 38.3 Å². The van der Waals surface area contributed by atoms with Crippen molar-refractivity contribution < 1.29 is 14.4 Å². The highest BCUT2D eigenvalue weighted by molar-refractivity contribution is 6.31. The largest absolute Gasteiger partial charge is 0.344 e. The number of rotatable bonds is 8. The van der Waals surface area contributed by atoms with Crippen molar-refractivity contribution in [2.24, 2.45) is 0 Å². The predicted octanol–water partition coefficient (Wildman–Crippen LogP) is 3.31. The van der Waals surface area contributed by atoms with E-state index in [1.54, 1.807) is 24.9 Å². The monoisotopic (exact) mass is 442 g/mol. The SMILES string of the molecule is CC(c1ccccc1Cl)N(C)CC(=O)NN1C(=O)NC(C)(CCc2ccccc2)C1=O. The number of imide groups is 1. The number of aryl methyl sites for hydroxylation is 1. The van der Waals surface area contributed by atoms with Crippen LogP contribution in [0.25, 0.3) is 0 Å². The van der Waals surface area contributed by atoms with Crippen LogP contribution in [0.15, 0.2) is 54.6 Å². The number of carbonyl (C=O) groups is 3. The summed E-state index contributed by atoms with van der Waals surface area (Å²) in [6, 6.07) is 16.4. The van der Waals surface area contributed by atoms with Gasteiger partial charge in [0.2, 0.25) is 0 Å². The minimum Gasteiger partial charge on any atom is -0.322 e. The number of halogens is 1. The lowest BCUT2D eigenvalue weighted by atomic mass is 9.93. The fourth-order valence-corrected chi connectivity index (χ4v) is 3.86. The number of benzene rings is 2. The van der Waals surface area contributed by atoms with Crippen molar-refractivity contribution in [3.8, 4) is 0 Å². The number of likely N-dealkylation sites (N-methyl/N-ethyl adjacent to an activating group) is 1. The van der Waals surface area contributed by atoms with E-state index in [0.717, 1.165) is 16.1 Å². The molecule has 8 heteroatoms. The third-order valence-electron chi connectivity index (χ3n) is 5.66. The van der Waals surface area contributed by atoms with E-state index in [9.17, 15) is 14.4 Å². The third kappa shape index (κ3) is 5.24. The Morgan fingerprint density at radius 3 is 2.48 bits per heavy atom. The summed E-state index contributed by atoms with van der Waals surface area (Å²) in [6.45, 7) is 3.60. The van der Waals surface area contributed by atoms with E-state index in [0.29, 0.717) is 17.9 Å². The van der Waals surface area contributed by atoms with Gasteiger partial charge >= 0.3 is 6.03 Å². The lowest BCUT2D eigenvalue weighted by Gasteiger charge is -2.26. The maximum Gasteiger partial charge on any atom is 0.344 e. The first-order valence-corrected chi connectivity index (χ1v) is 10.5. The Labute approximate surface area is 187 Å². The average Bonchev–Trinajstić information content (AvgIpc) is 2.96. The Morgan fingerprint density at radius 1 is 1.16 bits per heavy atom. The molecule has 2 N–H and O–H groups in total. The number of nitrogens with zero attached hydrogens (tertiary/aromatic N) is 2. The van der Waals surface area contributed by atoms with Crippen molar-refractivity contribution in [1.82, 2.24) is 20.7 Å². The summed E-state index contributed by atoms with van der Waals surface area (Å²) in [5, 5.41) is 4.10. The molecule has 0 spiro atoms. The fourth-order valence-electron chi connectivity index (χ4n) is 3.57. The summed E-state index contributed by atoms with van der Waals surface area (Å²) in [5.41, 5.74) is 3.33. The van der Waals surface area contributed by atoms with Crippen LogP contribution >= 0.6 is 11.6 Å². The van der Waals surface area contributed by atoms with E-state index >= 15 is 0 Å². The van der Waals surface area contributed by atoms with E-state index in [1.165, 1.54) is 0 Å². The Morgan fingerprint density at radius 2 is 1.81 bits per heavy atom. The molecule has 2 aromatic carbocycles. The van der Waals surface area contributed by atoms with Gasteiger partial charge in [0.05, 0.1) is 6.54 Å². The van der Waals surface area contributed by atoms with Crippen LogP contribution in [0, 0.1) is 0 Å². The van der Waals surface area contributed by atoms with E-state index in [-0.39, 0.29) is 12.6 Å². The van der Waals surface area contributed by atoms with E-state index in [2.05, 4.69) is 10.7 Å². The van der Waals surface area contributed by atoms with Crippen molar-refractivity contribution >= 4 is 29.4 Å². The number of urea groups is 1. The van der Waals surface area contributed by atoms with Gasteiger partial charge in [0.25, 0.3) is 11.8 Å². The second-order valence-corrected chi connectivity index (χ2v) is 8.44. The highest BCUT2D eigenvalue weighted by atomic mass is 35.5. The van der Waals surface area contributed by atoms with Gasteiger partial charge in [-0.2, -0.15) is 5.01 Å². The molecule has 1 heterocycles. The molecule has 4 amide bonds. The Bertz CT molecular complexity index is 968. The first kappa shape index (κ1) is 22.8. The van der Waals surface area contributed by atoms with Gasteiger partial charge in [-0.05, 0) is 50.9 Å². The van der Waals surface area contributed by atoms with Crippen LogP contribution < -0.4 is 10.7 Å². The molecular formula is C23H27ClN4O3. The lowest BCUT2D eigenvalue weighted by molar-refractivity contribution is -0.139. The van der Waals surface area contributed by atoms with Gasteiger partial charge in [0.1, 0.15) is 5.54 Å². The summed E-state index contributed by atoms with van der Waals surface area (Å²) >= 11 is 6.25. The standard InChI is InChI=1S/C23H27ClN4O3/c1-16(18-11-7-8-12-19(18)24)27(3)15-20(29)26-28-21(30)23(2,25-22(28)31)14-13-17-9-5-4-6-10-17/h4-12,16H,13-15H2,1-3H3,(H,25,31)(H,26,29). The number of hydrogen-bond acceptors (Lipinski definition) is 4. The van der Waals surface area contributed by atoms with Gasteiger partial charge in [0.15, 0.2) is 0 Å². The topological polar surface area (TPSA) is 81.8 Å². The van der Waals surface area contributed by atoms with Crippen LogP contribution in [0.3, 0.4) is 0 Å². The van der Waals surface area contributed by atoms with Crippen LogP contribution in [-0.4, -0.2) is 46.9 Å². The third-order valence-corrected chi connectivity index (χ3v) is 6.01. The van der Waals surface area contributed by atoms with Crippen LogP contribution in [0.2, 0.25) is 5.02 Å². The quantitative estimate of drug-likeness (QED) is 0.614. The maximum atomic E-state index is 12.9.